The van der Waals surface area contributed by atoms with Crippen molar-refractivity contribution in [3.05, 3.63) is 18.3 Å². The summed E-state index contributed by atoms with van der Waals surface area (Å²) < 4.78 is 11.3. The molecule has 3 saturated heterocycles. The van der Waals surface area contributed by atoms with Gasteiger partial charge in [-0.05, 0) is 31.7 Å². The Morgan fingerprint density at radius 2 is 2.07 bits per heavy atom. The number of likely N-dealkylation sites (tertiary alicyclic amines) is 2. The van der Waals surface area contributed by atoms with Gasteiger partial charge in [-0.25, -0.2) is 0 Å². The van der Waals surface area contributed by atoms with Crippen molar-refractivity contribution in [1.82, 2.24) is 20.0 Å². The third-order valence-electron chi connectivity index (χ3n) is 5.66. The minimum Gasteiger partial charge on any atom is -0.471 e. The molecule has 0 radical (unpaired) electrons. The first kappa shape index (κ1) is 18.2. The first-order valence-corrected chi connectivity index (χ1v) is 9.81. The molecule has 0 aliphatic carbocycles. The third kappa shape index (κ3) is 4.21. The van der Waals surface area contributed by atoms with E-state index in [1.165, 1.54) is 0 Å². The van der Waals surface area contributed by atoms with Crippen LogP contribution in [0.5, 0.6) is 5.88 Å². The van der Waals surface area contributed by atoms with E-state index in [-0.39, 0.29) is 29.9 Å². The Morgan fingerprint density at radius 3 is 2.85 bits per heavy atom. The maximum Gasteiger partial charge on any atom is 0.233 e. The highest BCUT2D eigenvalue weighted by Gasteiger charge is 2.40. The van der Waals surface area contributed by atoms with Gasteiger partial charge in [-0.1, -0.05) is 0 Å². The first-order chi connectivity index (χ1) is 13.2. The van der Waals surface area contributed by atoms with Crippen molar-refractivity contribution < 1.29 is 19.1 Å². The van der Waals surface area contributed by atoms with Crippen molar-refractivity contribution in [1.29, 1.82) is 0 Å². The lowest BCUT2D eigenvalue weighted by molar-refractivity contribution is -0.138. The molecule has 4 heterocycles. The molecular weight excluding hydrogens is 348 g/mol. The monoisotopic (exact) mass is 374 g/mol. The fraction of sp³-hybridized carbons (Fsp3) is 0.684. The van der Waals surface area contributed by atoms with Crippen LogP contribution < -0.4 is 4.74 Å². The predicted octanol–water partition coefficient (Wildman–Crippen LogP) is 0.874. The lowest BCUT2D eigenvalue weighted by Gasteiger charge is -2.34. The van der Waals surface area contributed by atoms with Crippen LogP contribution >= 0.6 is 0 Å². The maximum absolute atomic E-state index is 13.0. The van der Waals surface area contributed by atoms with E-state index < -0.39 is 0 Å². The van der Waals surface area contributed by atoms with Gasteiger partial charge in [-0.15, -0.1) is 5.10 Å². The molecule has 27 heavy (non-hydrogen) atoms. The van der Waals surface area contributed by atoms with Crippen molar-refractivity contribution in [2.45, 2.75) is 44.2 Å². The van der Waals surface area contributed by atoms with Gasteiger partial charge >= 0.3 is 0 Å². The SMILES string of the molecule is O=C(C1CC(=O)N(C2CCOCC2)C1)N1CCCC(Oc2cccnn2)C1. The van der Waals surface area contributed by atoms with E-state index in [0.29, 0.717) is 38.6 Å². The van der Waals surface area contributed by atoms with E-state index in [1.807, 2.05) is 9.80 Å². The molecule has 2 atom stereocenters. The van der Waals surface area contributed by atoms with Crippen molar-refractivity contribution in [2.24, 2.45) is 5.92 Å². The molecule has 0 spiro atoms. The summed E-state index contributed by atoms with van der Waals surface area (Å²) in [5.41, 5.74) is 0. The van der Waals surface area contributed by atoms with Crippen molar-refractivity contribution >= 4 is 11.8 Å². The van der Waals surface area contributed by atoms with Gasteiger partial charge in [0.1, 0.15) is 6.10 Å². The highest BCUT2D eigenvalue weighted by Crippen LogP contribution is 2.27. The van der Waals surface area contributed by atoms with Crippen LogP contribution in [0.1, 0.15) is 32.1 Å². The number of hydrogen-bond acceptors (Lipinski definition) is 6. The Labute approximate surface area is 158 Å². The fourth-order valence-electron chi connectivity index (χ4n) is 4.26. The molecule has 1 aromatic heterocycles. The molecule has 0 saturated carbocycles. The molecule has 3 aliphatic heterocycles. The molecular formula is C19H26N4O4. The molecule has 3 aliphatic rings. The van der Waals surface area contributed by atoms with Gasteiger partial charge in [0.25, 0.3) is 0 Å². The quantitative estimate of drug-likeness (QED) is 0.778. The minimum atomic E-state index is -0.240. The van der Waals surface area contributed by atoms with Crippen LogP contribution in [0, 0.1) is 5.92 Å². The maximum atomic E-state index is 13.0. The fourth-order valence-corrected chi connectivity index (χ4v) is 4.26. The number of carbonyl (C=O) groups is 2. The van der Waals surface area contributed by atoms with Crippen LogP contribution in [-0.2, 0) is 14.3 Å². The van der Waals surface area contributed by atoms with Gasteiger partial charge in [0.2, 0.25) is 17.7 Å². The molecule has 0 aromatic carbocycles. The highest BCUT2D eigenvalue weighted by molar-refractivity contribution is 5.89. The van der Waals surface area contributed by atoms with Gasteiger partial charge < -0.3 is 19.3 Å². The molecule has 1 aromatic rings. The van der Waals surface area contributed by atoms with Gasteiger partial charge in [0.05, 0.1) is 12.5 Å². The Morgan fingerprint density at radius 1 is 1.22 bits per heavy atom. The lowest BCUT2D eigenvalue weighted by atomic mass is 10.0. The zero-order valence-electron chi connectivity index (χ0n) is 15.5. The summed E-state index contributed by atoms with van der Waals surface area (Å²) in [6.45, 7) is 3.19. The normalized spacial score (nSPS) is 27.0. The van der Waals surface area contributed by atoms with Crippen molar-refractivity contribution in [2.75, 3.05) is 32.8 Å². The number of piperidine rings is 1. The number of aromatic nitrogens is 2. The van der Waals surface area contributed by atoms with E-state index in [0.717, 1.165) is 32.2 Å². The summed E-state index contributed by atoms with van der Waals surface area (Å²) in [4.78, 5) is 29.2. The largest absolute Gasteiger partial charge is 0.471 e. The second-order valence-corrected chi connectivity index (χ2v) is 7.52. The van der Waals surface area contributed by atoms with E-state index in [9.17, 15) is 9.59 Å². The summed E-state index contributed by atoms with van der Waals surface area (Å²) >= 11 is 0. The predicted molar refractivity (Wildman–Crippen MR) is 95.9 cm³/mol. The minimum absolute atomic E-state index is 0.0744. The molecule has 8 nitrogen and oxygen atoms in total. The van der Waals surface area contributed by atoms with E-state index in [2.05, 4.69) is 10.2 Å². The molecule has 4 rings (SSSR count). The summed E-state index contributed by atoms with van der Waals surface area (Å²) in [6.07, 6.45) is 5.35. The zero-order valence-corrected chi connectivity index (χ0v) is 15.5. The van der Waals surface area contributed by atoms with Crippen LogP contribution in [0.3, 0.4) is 0 Å². The average Bonchev–Trinajstić information content (AvgIpc) is 3.11. The van der Waals surface area contributed by atoms with Gasteiger partial charge in [-0.3, -0.25) is 9.59 Å². The van der Waals surface area contributed by atoms with Crippen LogP contribution in [-0.4, -0.2) is 76.8 Å². The molecule has 0 N–H and O–H groups in total. The van der Waals surface area contributed by atoms with Crippen molar-refractivity contribution in [3.63, 3.8) is 0 Å². The van der Waals surface area contributed by atoms with Crippen LogP contribution in [0.4, 0.5) is 0 Å². The number of nitrogens with zero attached hydrogens (tertiary/aromatic N) is 4. The smallest absolute Gasteiger partial charge is 0.233 e. The van der Waals surface area contributed by atoms with Gasteiger partial charge in [0, 0.05) is 51.0 Å². The topological polar surface area (TPSA) is 84.9 Å². The van der Waals surface area contributed by atoms with Crippen molar-refractivity contribution in [3.8, 4) is 5.88 Å². The number of hydrogen-bond donors (Lipinski definition) is 0. The van der Waals surface area contributed by atoms with E-state index >= 15 is 0 Å². The van der Waals surface area contributed by atoms with Crippen LogP contribution in [0.15, 0.2) is 18.3 Å². The number of rotatable bonds is 4. The van der Waals surface area contributed by atoms with Gasteiger partial charge in [0.15, 0.2) is 0 Å². The van der Waals surface area contributed by atoms with E-state index in [1.54, 1.807) is 18.3 Å². The highest BCUT2D eigenvalue weighted by atomic mass is 16.5. The van der Waals surface area contributed by atoms with E-state index in [4.69, 9.17) is 9.47 Å². The molecule has 3 fully saturated rings. The molecule has 2 unspecified atom stereocenters. The number of amides is 2. The Kier molecular flexibility index (Phi) is 5.52. The average molecular weight is 374 g/mol. The summed E-state index contributed by atoms with van der Waals surface area (Å²) in [5, 5.41) is 7.78. The van der Waals surface area contributed by atoms with Crippen LogP contribution in [0.2, 0.25) is 0 Å². The molecule has 8 heteroatoms. The molecule has 146 valence electrons. The lowest BCUT2D eigenvalue weighted by Crippen LogP contribution is -2.47. The standard InChI is InChI=1S/C19H26N4O4/c24-18-11-14(12-23(18)15-5-9-26-10-6-15)19(25)22-8-2-3-16(13-22)27-17-4-1-7-20-21-17/h1,4,7,14-16H,2-3,5-6,8-13H2. The molecule has 0 bridgehead atoms. The second kappa shape index (κ2) is 8.21. The summed E-state index contributed by atoms with van der Waals surface area (Å²) in [6, 6.07) is 3.77. The summed E-state index contributed by atoms with van der Waals surface area (Å²) in [5.74, 6) is 0.420. The van der Waals surface area contributed by atoms with Gasteiger partial charge in [-0.2, -0.15) is 5.10 Å². The Bertz CT molecular complexity index is 665. The Balaban J connectivity index is 1.34. The van der Waals surface area contributed by atoms with Crippen LogP contribution in [0.25, 0.3) is 0 Å². The zero-order chi connectivity index (χ0) is 18.6. The number of ether oxygens (including phenoxy) is 2. The number of carbonyl (C=O) groups excluding carboxylic acids is 2. The summed E-state index contributed by atoms with van der Waals surface area (Å²) in [7, 11) is 0. The third-order valence-corrected chi connectivity index (χ3v) is 5.66. The Hall–Kier alpha value is -2.22. The first-order valence-electron chi connectivity index (χ1n) is 9.81. The second-order valence-electron chi connectivity index (χ2n) is 7.52. The molecule has 2 amide bonds.